The number of anilines is 1. The maximum atomic E-state index is 13.6. The van der Waals surface area contributed by atoms with Crippen molar-refractivity contribution in [1.82, 2.24) is 9.97 Å². The lowest BCUT2D eigenvalue weighted by atomic mass is 10.1. The molecule has 3 nitrogen and oxygen atoms in total. The van der Waals surface area contributed by atoms with E-state index in [4.69, 9.17) is 0 Å². The molecule has 0 atom stereocenters. The molecule has 1 aromatic heterocycles. The van der Waals surface area contributed by atoms with Crippen LogP contribution in [0.3, 0.4) is 0 Å². The Labute approximate surface area is 107 Å². The number of hydrogen-bond donors (Lipinski definition) is 1. The third-order valence-electron chi connectivity index (χ3n) is 2.20. The van der Waals surface area contributed by atoms with Crippen molar-refractivity contribution < 1.29 is 4.39 Å². The SMILES string of the molecule is CCNc1ncc(F)c(-c2ccc(Br)cc2)n1. The van der Waals surface area contributed by atoms with E-state index in [1.807, 2.05) is 31.2 Å². The number of halogens is 2. The smallest absolute Gasteiger partial charge is 0.223 e. The Morgan fingerprint density at radius 1 is 1.29 bits per heavy atom. The zero-order valence-corrected chi connectivity index (χ0v) is 10.8. The van der Waals surface area contributed by atoms with Gasteiger partial charge in [-0.05, 0) is 19.1 Å². The van der Waals surface area contributed by atoms with Crippen LogP contribution in [0.4, 0.5) is 10.3 Å². The van der Waals surface area contributed by atoms with Gasteiger partial charge in [-0.3, -0.25) is 0 Å². The molecule has 88 valence electrons. The molecule has 0 amide bonds. The number of hydrogen-bond acceptors (Lipinski definition) is 3. The van der Waals surface area contributed by atoms with E-state index in [1.165, 1.54) is 6.20 Å². The van der Waals surface area contributed by atoms with Gasteiger partial charge in [0.2, 0.25) is 5.95 Å². The summed E-state index contributed by atoms with van der Waals surface area (Å²) < 4.78 is 14.6. The summed E-state index contributed by atoms with van der Waals surface area (Å²) in [6.45, 7) is 2.64. The molecular formula is C12H11BrFN3. The molecule has 0 radical (unpaired) electrons. The van der Waals surface area contributed by atoms with Crippen LogP contribution in [-0.4, -0.2) is 16.5 Å². The molecule has 0 aliphatic rings. The second-order valence-corrected chi connectivity index (χ2v) is 4.34. The van der Waals surface area contributed by atoms with Crippen molar-refractivity contribution in [3.05, 3.63) is 40.8 Å². The number of nitrogens with one attached hydrogen (secondary N) is 1. The summed E-state index contributed by atoms with van der Waals surface area (Å²) in [5, 5.41) is 2.96. The molecule has 5 heteroatoms. The van der Waals surface area contributed by atoms with Gasteiger partial charge in [-0.15, -0.1) is 0 Å². The zero-order valence-electron chi connectivity index (χ0n) is 9.24. The predicted octanol–water partition coefficient (Wildman–Crippen LogP) is 3.48. The topological polar surface area (TPSA) is 37.8 Å². The van der Waals surface area contributed by atoms with Crippen molar-refractivity contribution in [2.45, 2.75) is 6.92 Å². The fourth-order valence-corrected chi connectivity index (χ4v) is 1.68. The quantitative estimate of drug-likeness (QED) is 0.942. The molecule has 0 fully saturated rings. The van der Waals surface area contributed by atoms with Gasteiger partial charge in [0.15, 0.2) is 5.82 Å². The molecular weight excluding hydrogens is 285 g/mol. The summed E-state index contributed by atoms with van der Waals surface area (Å²) in [4.78, 5) is 8.01. The van der Waals surface area contributed by atoms with Crippen LogP contribution in [-0.2, 0) is 0 Å². The third-order valence-corrected chi connectivity index (χ3v) is 2.73. The Bertz CT molecular complexity index is 514. The molecule has 0 aliphatic carbocycles. The molecule has 2 aromatic rings. The zero-order chi connectivity index (χ0) is 12.3. The Kier molecular flexibility index (Phi) is 3.68. The van der Waals surface area contributed by atoms with Crippen molar-refractivity contribution in [1.29, 1.82) is 0 Å². The van der Waals surface area contributed by atoms with E-state index in [2.05, 4.69) is 31.2 Å². The van der Waals surface area contributed by atoms with Crippen molar-refractivity contribution in [2.24, 2.45) is 0 Å². The van der Waals surface area contributed by atoms with Gasteiger partial charge < -0.3 is 5.32 Å². The minimum absolute atomic E-state index is 0.309. The molecule has 0 spiro atoms. The summed E-state index contributed by atoms with van der Waals surface area (Å²) in [6, 6.07) is 7.32. The Balaban J connectivity index is 2.42. The van der Waals surface area contributed by atoms with E-state index in [1.54, 1.807) is 0 Å². The van der Waals surface area contributed by atoms with Gasteiger partial charge in [0, 0.05) is 16.6 Å². The van der Waals surface area contributed by atoms with Crippen LogP contribution >= 0.6 is 15.9 Å². The first kappa shape index (κ1) is 12.0. The summed E-state index contributed by atoms with van der Waals surface area (Å²) in [5.41, 5.74) is 1.04. The summed E-state index contributed by atoms with van der Waals surface area (Å²) in [7, 11) is 0. The summed E-state index contributed by atoms with van der Waals surface area (Å²) in [5.74, 6) is 0.0146. The van der Waals surface area contributed by atoms with Crippen LogP contribution in [0, 0.1) is 5.82 Å². The highest BCUT2D eigenvalue weighted by Gasteiger charge is 2.08. The van der Waals surface area contributed by atoms with Gasteiger partial charge >= 0.3 is 0 Å². The van der Waals surface area contributed by atoms with E-state index in [9.17, 15) is 4.39 Å². The highest BCUT2D eigenvalue weighted by molar-refractivity contribution is 9.10. The van der Waals surface area contributed by atoms with E-state index < -0.39 is 5.82 Å². The Hall–Kier alpha value is -1.49. The minimum atomic E-state index is -0.422. The highest BCUT2D eigenvalue weighted by Crippen LogP contribution is 2.23. The second-order valence-electron chi connectivity index (χ2n) is 3.43. The first-order valence-corrected chi connectivity index (χ1v) is 6.02. The lowest BCUT2D eigenvalue weighted by molar-refractivity contribution is 0.618. The van der Waals surface area contributed by atoms with Crippen LogP contribution in [0.2, 0.25) is 0 Å². The first-order chi connectivity index (χ1) is 8.20. The monoisotopic (exact) mass is 295 g/mol. The maximum Gasteiger partial charge on any atom is 0.223 e. The number of benzene rings is 1. The van der Waals surface area contributed by atoms with Crippen LogP contribution in [0.5, 0.6) is 0 Å². The Morgan fingerprint density at radius 2 is 2.00 bits per heavy atom. The van der Waals surface area contributed by atoms with Gasteiger partial charge in [0.05, 0.1) is 6.20 Å². The normalized spacial score (nSPS) is 10.3. The molecule has 1 N–H and O–H groups in total. The van der Waals surface area contributed by atoms with Gasteiger partial charge in [-0.1, -0.05) is 28.1 Å². The van der Waals surface area contributed by atoms with Crippen LogP contribution in [0.25, 0.3) is 11.3 Å². The lowest BCUT2D eigenvalue weighted by Gasteiger charge is -2.06. The minimum Gasteiger partial charge on any atom is -0.354 e. The molecule has 0 saturated carbocycles. The maximum absolute atomic E-state index is 13.6. The van der Waals surface area contributed by atoms with Gasteiger partial charge in [-0.25, -0.2) is 14.4 Å². The number of rotatable bonds is 3. The van der Waals surface area contributed by atoms with Gasteiger partial charge in [0.25, 0.3) is 0 Å². The lowest BCUT2D eigenvalue weighted by Crippen LogP contribution is -2.03. The fraction of sp³-hybridized carbons (Fsp3) is 0.167. The molecule has 0 saturated heterocycles. The van der Waals surface area contributed by atoms with Crippen molar-refractivity contribution in [3.63, 3.8) is 0 Å². The van der Waals surface area contributed by atoms with E-state index in [-0.39, 0.29) is 0 Å². The summed E-state index contributed by atoms with van der Waals surface area (Å²) >= 11 is 3.34. The average Bonchev–Trinajstić information content (AvgIpc) is 2.33. The molecule has 1 heterocycles. The number of nitrogens with zero attached hydrogens (tertiary/aromatic N) is 2. The predicted molar refractivity (Wildman–Crippen MR) is 69.3 cm³/mol. The van der Waals surface area contributed by atoms with Crippen LogP contribution in [0.15, 0.2) is 34.9 Å². The number of aromatic nitrogens is 2. The van der Waals surface area contributed by atoms with Gasteiger partial charge in [0.1, 0.15) is 5.69 Å². The third kappa shape index (κ3) is 2.79. The fourth-order valence-electron chi connectivity index (χ4n) is 1.42. The van der Waals surface area contributed by atoms with Crippen molar-refractivity contribution in [3.8, 4) is 11.3 Å². The Morgan fingerprint density at radius 3 is 2.65 bits per heavy atom. The highest BCUT2D eigenvalue weighted by atomic mass is 79.9. The van der Waals surface area contributed by atoms with Crippen LogP contribution < -0.4 is 5.32 Å². The molecule has 0 unspecified atom stereocenters. The first-order valence-electron chi connectivity index (χ1n) is 5.23. The van der Waals surface area contributed by atoms with Crippen LogP contribution in [0.1, 0.15) is 6.92 Å². The van der Waals surface area contributed by atoms with E-state index in [0.29, 0.717) is 18.2 Å². The van der Waals surface area contributed by atoms with Crippen molar-refractivity contribution in [2.75, 3.05) is 11.9 Å². The summed E-state index contributed by atoms with van der Waals surface area (Å²) in [6.07, 6.45) is 1.18. The molecule has 1 aromatic carbocycles. The van der Waals surface area contributed by atoms with Crippen molar-refractivity contribution >= 4 is 21.9 Å². The van der Waals surface area contributed by atoms with Gasteiger partial charge in [-0.2, -0.15) is 0 Å². The standard InChI is InChI=1S/C12H11BrFN3/c1-2-15-12-16-7-10(14)11(17-12)8-3-5-9(13)6-4-8/h3-7H,2H2,1H3,(H,15,16,17). The molecule has 2 rings (SSSR count). The van der Waals surface area contributed by atoms with E-state index >= 15 is 0 Å². The van der Waals surface area contributed by atoms with E-state index in [0.717, 1.165) is 10.0 Å². The molecule has 0 aliphatic heterocycles. The molecule has 0 bridgehead atoms. The average molecular weight is 296 g/mol. The largest absolute Gasteiger partial charge is 0.354 e. The second kappa shape index (κ2) is 5.23. The molecule has 17 heavy (non-hydrogen) atoms.